The van der Waals surface area contributed by atoms with Crippen LogP contribution in [0.1, 0.15) is 30.9 Å². The minimum absolute atomic E-state index is 0.141. The molecule has 16 heavy (non-hydrogen) atoms. The van der Waals surface area contributed by atoms with E-state index >= 15 is 0 Å². The van der Waals surface area contributed by atoms with E-state index in [1.54, 1.807) is 0 Å². The van der Waals surface area contributed by atoms with Crippen LogP contribution in [-0.2, 0) is 0 Å². The van der Waals surface area contributed by atoms with Crippen molar-refractivity contribution in [3.05, 3.63) is 29.3 Å². The number of hydrogen-bond donors (Lipinski definition) is 2. The largest absolute Gasteiger partial charge is 0.384 e. The van der Waals surface area contributed by atoms with E-state index < -0.39 is 0 Å². The highest BCUT2D eigenvalue weighted by Crippen LogP contribution is 2.20. The number of hydrogen-bond acceptors (Lipinski definition) is 2. The summed E-state index contributed by atoms with van der Waals surface area (Å²) >= 11 is 0. The molecule has 0 bridgehead atoms. The number of unbranched alkanes of at least 4 members (excludes halogenated alkanes) is 1. The smallest absolute Gasteiger partial charge is 0.124 e. The van der Waals surface area contributed by atoms with Crippen molar-refractivity contribution in [2.75, 3.05) is 18.5 Å². The molecule has 0 aliphatic rings. The summed E-state index contributed by atoms with van der Waals surface area (Å²) < 4.78 is 0. The molecule has 3 N–H and O–H groups in total. The van der Waals surface area contributed by atoms with Crippen LogP contribution in [0, 0.1) is 12.3 Å². The van der Waals surface area contributed by atoms with Crippen LogP contribution in [0.15, 0.2) is 18.2 Å². The number of nitrogen functional groups attached to an aromatic ring is 1. The lowest BCUT2D eigenvalue weighted by Gasteiger charge is -2.22. The molecule has 0 saturated carbocycles. The Morgan fingerprint density at radius 1 is 1.44 bits per heavy atom. The van der Waals surface area contributed by atoms with Crippen molar-refractivity contribution in [2.24, 2.45) is 5.73 Å². The number of benzene rings is 1. The van der Waals surface area contributed by atoms with E-state index in [1.165, 1.54) is 6.42 Å². The Morgan fingerprint density at radius 3 is 2.69 bits per heavy atom. The molecule has 1 aromatic carbocycles. The summed E-state index contributed by atoms with van der Waals surface area (Å²) in [5.41, 5.74) is 8.62. The molecule has 88 valence electrons. The number of amidine groups is 1. The number of aryl methyl sites for hydroxylation is 1. The van der Waals surface area contributed by atoms with Crippen molar-refractivity contribution in [2.45, 2.75) is 26.7 Å². The second-order valence-corrected chi connectivity index (χ2v) is 4.21. The molecule has 0 fully saturated rings. The predicted octanol–water partition coefficient (Wildman–Crippen LogP) is 2.52. The zero-order valence-electron chi connectivity index (χ0n) is 10.4. The molecule has 3 heteroatoms. The first-order chi connectivity index (χ1) is 7.56. The number of nitrogens with zero attached hydrogens (tertiary/aromatic N) is 1. The van der Waals surface area contributed by atoms with Crippen molar-refractivity contribution in [3.8, 4) is 0 Å². The molecule has 0 radical (unpaired) electrons. The number of nitrogens with two attached hydrogens (primary N) is 1. The van der Waals surface area contributed by atoms with Gasteiger partial charge in [0.1, 0.15) is 5.84 Å². The Bertz CT molecular complexity index is 371. The average molecular weight is 219 g/mol. The molecule has 0 atom stereocenters. The van der Waals surface area contributed by atoms with E-state index in [0.717, 1.165) is 29.8 Å². The third kappa shape index (κ3) is 2.99. The Kier molecular flexibility index (Phi) is 4.35. The second kappa shape index (κ2) is 5.54. The maximum absolute atomic E-state index is 7.59. The average Bonchev–Trinajstić information content (AvgIpc) is 2.25. The van der Waals surface area contributed by atoms with Gasteiger partial charge >= 0.3 is 0 Å². The summed E-state index contributed by atoms with van der Waals surface area (Å²) in [4.78, 5) is 2.17. The van der Waals surface area contributed by atoms with Crippen molar-refractivity contribution in [1.29, 1.82) is 5.41 Å². The first-order valence-electron chi connectivity index (χ1n) is 5.72. The van der Waals surface area contributed by atoms with Crippen molar-refractivity contribution in [1.82, 2.24) is 0 Å². The number of nitrogens with one attached hydrogen (secondary N) is 1. The van der Waals surface area contributed by atoms with Gasteiger partial charge in [0.15, 0.2) is 0 Å². The summed E-state index contributed by atoms with van der Waals surface area (Å²) in [6, 6.07) is 6.08. The first kappa shape index (κ1) is 12.6. The van der Waals surface area contributed by atoms with Gasteiger partial charge < -0.3 is 10.6 Å². The predicted molar refractivity (Wildman–Crippen MR) is 70.4 cm³/mol. The molecule has 0 saturated heterocycles. The highest BCUT2D eigenvalue weighted by molar-refractivity contribution is 6.00. The van der Waals surface area contributed by atoms with Gasteiger partial charge in [-0.15, -0.1) is 0 Å². The lowest BCUT2D eigenvalue weighted by Crippen LogP contribution is -2.23. The van der Waals surface area contributed by atoms with E-state index in [1.807, 2.05) is 26.1 Å². The van der Waals surface area contributed by atoms with E-state index in [0.29, 0.717) is 0 Å². The fraction of sp³-hybridized carbons (Fsp3) is 0.462. The first-order valence-corrected chi connectivity index (χ1v) is 5.72. The summed E-state index contributed by atoms with van der Waals surface area (Å²) in [7, 11) is 2.05. The highest BCUT2D eigenvalue weighted by Gasteiger charge is 2.09. The molecule has 0 heterocycles. The van der Waals surface area contributed by atoms with Crippen molar-refractivity contribution in [3.63, 3.8) is 0 Å². The van der Waals surface area contributed by atoms with Gasteiger partial charge in [-0.25, -0.2) is 0 Å². The fourth-order valence-corrected chi connectivity index (χ4v) is 1.71. The quantitative estimate of drug-likeness (QED) is 0.590. The SMILES string of the molecule is CCCCN(C)c1ccc(C)cc1C(=N)N. The normalized spacial score (nSPS) is 10.2. The zero-order valence-corrected chi connectivity index (χ0v) is 10.4. The molecule has 0 amide bonds. The van der Waals surface area contributed by atoms with Gasteiger partial charge in [0, 0.05) is 24.8 Å². The molecule has 0 aliphatic carbocycles. The van der Waals surface area contributed by atoms with Crippen LogP contribution in [-0.4, -0.2) is 19.4 Å². The monoisotopic (exact) mass is 219 g/mol. The summed E-state index contributed by atoms with van der Waals surface area (Å²) in [5, 5.41) is 7.59. The molecular weight excluding hydrogens is 198 g/mol. The van der Waals surface area contributed by atoms with E-state index in [2.05, 4.69) is 17.9 Å². The van der Waals surface area contributed by atoms with Crippen LogP contribution in [0.4, 0.5) is 5.69 Å². The van der Waals surface area contributed by atoms with Crippen LogP contribution in [0.25, 0.3) is 0 Å². The van der Waals surface area contributed by atoms with Gasteiger partial charge in [0.2, 0.25) is 0 Å². The standard InChI is InChI=1S/C13H21N3/c1-4-5-8-16(3)12-7-6-10(2)9-11(12)13(14)15/h6-7,9H,4-5,8H2,1-3H3,(H3,14,15). The van der Waals surface area contributed by atoms with Crippen molar-refractivity contribution < 1.29 is 0 Å². The molecule has 1 aromatic rings. The van der Waals surface area contributed by atoms with Crippen LogP contribution < -0.4 is 10.6 Å². The third-order valence-corrected chi connectivity index (χ3v) is 2.70. The topological polar surface area (TPSA) is 53.1 Å². The van der Waals surface area contributed by atoms with E-state index in [9.17, 15) is 0 Å². The number of anilines is 1. The minimum Gasteiger partial charge on any atom is -0.384 e. The van der Waals surface area contributed by atoms with Gasteiger partial charge in [0.25, 0.3) is 0 Å². The van der Waals surface area contributed by atoms with Gasteiger partial charge in [-0.3, -0.25) is 5.41 Å². The minimum atomic E-state index is 0.141. The maximum Gasteiger partial charge on any atom is 0.124 e. The van der Waals surface area contributed by atoms with Gasteiger partial charge in [-0.1, -0.05) is 25.0 Å². The lowest BCUT2D eigenvalue weighted by atomic mass is 10.1. The Hall–Kier alpha value is -1.51. The van der Waals surface area contributed by atoms with Crippen LogP contribution in [0.2, 0.25) is 0 Å². The van der Waals surface area contributed by atoms with Crippen molar-refractivity contribution >= 4 is 11.5 Å². The molecule has 0 spiro atoms. The Morgan fingerprint density at radius 2 is 2.12 bits per heavy atom. The fourth-order valence-electron chi connectivity index (χ4n) is 1.71. The third-order valence-electron chi connectivity index (χ3n) is 2.70. The molecular formula is C13H21N3. The van der Waals surface area contributed by atoms with Crippen LogP contribution in [0.3, 0.4) is 0 Å². The summed E-state index contributed by atoms with van der Waals surface area (Å²) in [6.45, 7) is 5.19. The molecule has 0 aromatic heterocycles. The van der Waals surface area contributed by atoms with Crippen LogP contribution in [0.5, 0.6) is 0 Å². The van der Waals surface area contributed by atoms with Gasteiger partial charge in [0.05, 0.1) is 0 Å². The Labute approximate surface area is 97.8 Å². The summed E-state index contributed by atoms with van der Waals surface area (Å²) in [6.07, 6.45) is 2.33. The maximum atomic E-state index is 7.59. The molecule has 1 rings (SSSR count). The van der Waals surface area contributed by atoms with E-state index in [-0.39, 0.29) is 5.84 Å². The lowest BCUT2D eigenvalue weighted by molar-refractivity contribution is 0.766. The molecule has 0 aliphatic heterocycles. The Balaban J connectivity index is 2.98. The number of rotatable bonds is 5. The highest BCUT2D eigenvalue weighted by atomic mass is 15.1. The second-order valence-electron chi connectivity index (χ2n) is 4.21. The zero-order chi connectivity index (χ0) is 12.1. The summed E-state index contributed by atoms with van der Waals surface area (Å²) in [5.74, 6) is 0.141. The van der Waals surface area contributed by atoms with Crippen LogP contribution >= 0.6 is 0 Å². The molecule has 0 unspecified atom stereocenters. The van der Waals surface area contributed by atoms with Gasteiger partial charge in [-0.2, -0.15) is 0 Å². The molecule has 3 nitrogen and oxygen atoms in total. The van der Waals surface area contributed by atoms with Gasteiger partial charge in [-0.05, 0) is 25.5 Å². The van der Waals surface area contributed by atoms with E-state index in [4.69, 9.17) is 11.1 Å².